The van der Waals surface area contributed by atoms with E-state index in [1.54, 1.807) is 0 Å². The van der Waals surface area contributed by atoms with Gasteiger partial charge in [0.25, 0.3) is 0 Å². The highest BCUT2D eigenvalue weighted by Crippen LogP contribution is 2.52. The molecule has 502 valence electrons. The van der Waals surface area contributed by atoms with Crippen molar-refractivity contribution in [3.8, 4) is 124 Å². The fraction of sp³-hybridized carbons (Fsp3) is 0. The van der Waals surface area contributed by atoms with Gasteiger partial charge < -0.3 is 18.1 Å². The summed E-state index contributed by atoms with van der Waals surface area (Å²) in [4.78, 5) is 16.1. The highest BCUT2D eigenvalue weighted by molar-refractivity contribution is 6.23. The fourth-order valence-corrected chi connectivity index (χ4v) is 16.5. The Labute approximate surface area is 621 Å². The van der Waals surface area contributed by atoms with Gasteiger partial charge in [-0.25, -0.2) is 15.0 Å². The predicted octanol–water partition coefficient (Wildman–Crippen LogP) is 25.9. The molecule has 16 aromatic carbocycles. The molecule has 8 heteroatoms. The highest BCUT2D eigenvalue weighted by atomic mass is 16.3. The molecule has 0 N–H and O–H groups in total. The van der Waals surface area contributed by atoms with E-state index in [9.17, 15) is 5.26 Å². The molecular weight excluding hydrogens is 1320 g/mol. The van der Waals surface area contributed by atoms with Crippen LogP contribution in [0.3, 0.4) is 0 Å². The monoisotopic (exact) mass is 1380 g/mol. The topological polar surface area (TPSA) is 90.4 Å². The van der Waals surface area contributed by atoms with Gasteiger partial charge in [-0.15, -0.1) is 0 Å². The number of aromatic nitrogens is 6. The second-order valence-electron chi connectivity index (χ2n) is 27.7. The molecule has 0 amide bonds. The Balaban J connectivity index is 0.984. The van der Waals surface area contributed by atoms with Crippen molar-refractivity contribution >= 4 is 87.4 Å². The molecule has 0 atom stereocenters. The molecule has 8 nitrogen and oxygen atoms in total. The number of hydrogen-bond acceptors (Lipinski definition) is 5. The molecule has 0 radical (unpaired) electrons. The minimum atomic E-state index is 0.393. The summed E-state index contributed by atoms with van der Waals surface area (Å²) in [5.41, 5.74) is 24.3. The summed E-state index contributed by atoms with van der Waals surface area (Å²) in [6.45, 7) is 0. The van der Waals surface area contributed by atoms with Crippen molar-refractivity contribution in [2.45, 2.75) is 0 Å². The van der Waals surface area contributed by atoms with E-state index in [-0.39, 0.29) is 0 Å². The number of rotatable bonds is 12. The lowest BCUT2D eigenvalue weighted by Gasteiger charge is -2.23. The predicted molar refractivity (Wildman–Crippen MR) is 444 cm³/mol. The van der Waals surface area contributed by atoms with Crippen molar-refractivity contribution in [1.82, 2.24) is 28.7 Å². The van der Waals surface area contributed by atoms with E-state index in [0.717, 1.165) is 160 Å². The number of benzene rings is 16. The number of para-hydroxylation sites is 1. The van der Waals surface area contributed by atoms with Crippen molar-refractivity contribution < 1.29 is 4.42 Å². The van der Waals surface area contributed by atoms with Crippen LogP contribution >= 0.6 is 0 Å². The Bertz CT molecular complexity index is 6840. The summed E-state index contributed by atoms with van der Waals surface area (Å²) in [7, 11) is 0. The van der Waals surface area contributed by atoms with Gasteiger partial charge in [0.05, 0.1) is 55.4 Å². The maximum absolute atomic E-state index is 13.4. The van der Waals surface area contributed by atoms with Crippen molar-refractivity contribution in [1.29, 1.82) is 5.26 Å². The molecular formula is C100H61N7O. The number of fused-ring (bicyclic) bond motifs is 12. The number of hydrogen-bond donors (Lipinski definition) is 0. The van der Waals surface area contributed by atoms with Crippen LogP contribution in [0.5, 0.6) is 0 Å². The third-order valence-corrected chi connectivity index (χ3v) is 21.5. The quantitative estimate of drug-likeness (QED) is 0.122. The Hall–Kier alpha value is -14.8. The largest absolute Gasteiger partial charge is 0.453 e. The third-order valence-electron chi connectivity index (χ3n) is 21.5. The summed E-state index contributed by atoms with van der Waals surface area (Å²) < 4.78 is 15.2. The van der Waals surface area contributed by atoms with Gasteiger partial charge in [0.1, 0.15) is 22.9 Å². The molecule has 0 saturated heterocycles. The molecule has 21 aromatic rings. The minimum Gasteiger partial charge on any atom is -0.453 e. The Kier molecular flexibility index (Phi) is 14.5. The van der Waals surface area contributed by atoms with Crippen LogP contribution in [-0.4, -0.2) is 28.7 Å². The van der Waals surface area contributed by atoms with Crippen LogP contribution in [-0.2, 0) is 0 Å². The van der Waals surface area contributed by atoms with Gasteiger partial charge in [-0.2, -0.15) is 5.26 Å². The van der Waals surface area contributed by atoms with E-state index < -0.39 is 0 Å². The molecule has 0 saturated carbocycles. The van der Waals surface area contributed by atoms with Gasteiger partial charge in [-0.3, -0.25) is 0 Å². The van der Waals surface area contributed by atoms with E-state index in [1.165, 1.54) is 0 Å². The van der Waals surface area contributed by atoms with Gasteiger partial charge >= 0.3 is 0 Å². The zero-order valence-electron chi connectivity index (χ0n) is 58.3. The van der Waals surface area contributed by atoms with Gasteiger partial charge in [0, 0.05) is 48.8 Å². The lowest BCUT2D eigenvalue weighted by Crippen LogP contribution is -2.11. The Morgan fingerprint density at radius 3 is 0.787 bits per heavy atom. The first-order valence-corrected chi connectivity index (χ1v) is 36.4. The average Bonchev–Trinajstić information content (AvgIpc) is 1.52. The highest BCUT2D eigenvalue weighted by Gasteiger charge is 2.34. The molecule has 0 aliphatic heterocycles. The molecule has 0 unspecified atom stereocenters. The van der Waals surface area contributed by atoms with Crippen molar-refractivity contribution in [2.24, 2.45) is 0 Å². The first kappa shape index (κ1) is 61.8. The molecule has 0 spiro atoms. The van der Waals surface area contributed by atoms with Crippen LogP contribution in [0.1, 0.15) is 5.56 Å². The zero-order chi connectivity index (χ0) is 71.3. The number of nitrogens with zero attached hydrogens (tertiary/aromatic N) is 7. The molecule has 0 aliphatic carbocycles. The summed E-state index contributed by atoms with van der Waals surface area (Å²) in [6, 6.07) is 134. The third kappa shape index (κ3) is 10.1. The van der Waals surface area contributed by atoms with E-state index in [0.29, 0.717) is 51.1 Å². The van der Waals surface area contributed by atoms with E-state index in [1.807, 2.05) is 60.7 Å². The molecule has 0 fully saturated rings. The van der Waals surface area contributed by atoms with Gasteiger partial charge in [-0.1, -0.05) is 291 Å². The van der Waals surface area contributed by atoms with Crippen molar-refractivity contribution in [3.63, 3.8) is 0 Å². The molecule has 108 heavy (non-hydrogen) atoms. The van der Waals surface area contributed by atoms with Crippen LogP contribution in [0.2, 0.25) is 0 Å². The van der Waals surface area contributed by atoms with Crippen molar-refractivity contribution in [3.05, 3.63) is 376 Å². The maximum Gasteiger partial charge on any atom is 0.167 e. The Morgan fingerprint density at radius 2 is 0.491 bits per heavy atom. The second kappa shape index (κ2) is 25.3. The lowest BCUT2D eigenvalue weighted by molar-refractivity contribution is 0.666. The normalized spacial score (nSPS) is 11.7. The Morgan fingerprint density at radius 1 is 0.222 bits per heavy atom. The number of furan rings is 1. The molecule has 5 heterocycles. The minimum absolute atomic E-state index is 0.393. The van der Waals surface area contributed by atoms with Crippen LogP contribution in [0.15, 0.2) is 374 Å². The summed E-state index contributed by atoms with van der Waals surface area (Å²) in [5, 5.41) is 21.2. The molecule has 5 aromatic heterocycles. The standard InChI is InChI=1S/C100H61N7O/c101-62-85-93(105-86-50-44-71(63-26-9-1-10-27-63)56-79(86)80-57-72(45-51-87(80)105)64-28-11-2-12-29-64)95(107-90-54-48-75(67-34-17-5-18-35-67)60-83(90)84-61-76(49-55-91(84)107)68-36-19-6-20-37-68)92-77-42-25-43-78(100-103-98(69-38-21-7-22-39-69)102-99(104-100)70-40-23-8-24-41-70)96(77)108-97(92)94(85)106-88-52-46-73(65-30-13-3-14-31-65)58-81(88)82-59-74(47-53-89(82)106)66-32-15-4-16-33-66/h1-61H. The summed E-state index contributed by atoms with van der Waals surface area (Å²) in [5.74, 6) is 1.47. The lowest BCUT2D eigenvalue weighted by atomic mass is 9.99. The first-order valence-electron chi connectivity index (χ1n) is 36.4. The van der Waals surface area contributed by atoms with Gasteiger partial charge in [0.15, 0.2) is 23.1 Å². The van der Waals surface area contributed by atoms with E-state index in [2.05, 4.69) is 329 Å². The molecule has 0 bridgehead atoms. The molecule has 21 rings (SSSR count). The average molecular weight is 1380 g/mol. The second-order valence-corrected chi connectivity index (χ2v) is 27.7. The maximum atomic E-state index is 13.4. The molecule has 0 aliphatic rings. The number of nitriles is 1. The van der Waals surface area contributed by atoms with Crippen LogP contribution in [0.25, 0.3) is 205 Å². The fourth-order valence-electron chi connectivity index (χ4n) is 16.5. The van der Waals surface area contributed by atoms with Gasteiger partial charge in [-0.05, 0) is 146 Å². The van der Waals surface area contributed by atoms with E-state index >= 15 is 0 Å². The van der Waals surface area contributed by atoms with Crippen LogP contribution in [0.4, 0.5) is 0 Å². The SMILES string of the molecule is N#Cc1c(-n2c3ccc(-c4ccccc4)cc3c3cc(-c4ccccc4)ccc32)c(-n2c3ccc(-c4ccccc4)cc3c3cc(-c4ccccc4)ccc32)c2c(oc3c(-c4nc(-c5ccccc5)nc(-c5ccccc5)n4)cccc32)c1-n1c2ccc(-c3ccccc3)cc2c2cc(-c3ccccc3)ccc21. The zero-order valence-corrected chi connectivity index (χ0v) is 58.3. The summed E-state index contributed by atoms with van der Waals surface area (Å²) >= 11 is 0. The van der Waals surface area contributed by atoms with Crippen LogP contribution in [0, 0.1) is 11.3 Å². The smallest absolute Gasteiger partial charge is 0.167 e. The van der Waals surface area contributed by atoms with E-state index in [4.69, 9.17) is 19.4 Å². The first-order chi connectivity index (χ1) is 53.5. The van der Waals surface area contributed by atoms with Crippen LogP contribution < -0.4 is 0 Å². The van der Waals surface area contributed by atoms with Gasteiger partial charge in [0.2, 0.25) is 0 Å². The summed E-state index contributed by atoms with van der Waals surface area (Å²) in [6.07, 6.45) is 0. The van der Waals surface area contributed by atoms with Crippen molar-refractivity contribution in [2.75, 3.05) is 0 Å².